The second kappa shape index (κ2) is 10.4. The van der Waals surface area contributed by atoms with E-state index < -0.39 is 0 Å². The van der Waals surface area contributed by atoms with E-state index in [1.807, 2.05) is 31.2 Å². The van der Waals surface area contributed by atoms with Gasteiger partial charge in [0, 0.05) is 23.8 Å². The van der Waals surface area contributed by atoms with E-state index in [1.165, 1.54) is 0 Å². The Bertz CT molecular complexity index is 819. The molecular formula is C22H27N3O4. The summed E-state index contributed by atoms with van der Waals surface area (Å²) in [6.45, 7) is 2.92. The van der Waals surface area contributed by atoms with E-state index in [0.717, 1.165) is 12.8 Å². The molecule has 0 bridgehead atoms. The molecule has 0 unspecified atom stereocenters. The highest BCUT2D eigenvalue weighted by Crippen LogP contribution is 2.26. The number of nitrogens with one attached hydrogen (secondary N) is 3. The second-order valence-electron chi connectivity index (χ2n) is 6.83. The molecule has 29 heavy (non-hydrogen) atoms. The summed E-state index contributed by atoms with van der Waals surface area (Å²) in [5.41, 5.74) is 1.37. The minimum atomic E-state index is -0.199. The van der Waals surface area contributed by atoms with Crippen molar-refractivity contribution in [3.63, 3.8) is 0 Å². The number of carbonyl (C=O) groups excluding carboxylic acids is 2. The Morgan fingerprint density at radius 3 is 2.17 bits per heavy atom. The minimum absolute atomic E-state index is 0.0844. The van der Waals surface area contributed by atoms with Crippen LogP contribution in [0.3, 0.4) is 0 Å². The number of rotatable bonds is 10. The van der Waals surface area contributed by atoms with E-state index >= 15 is 0 Å². The van der Waals surface area contributed by atoms with Gasteiger partial charge in [-0.2, -0.15) is 0 Å². The molecule has 2 aromatic rings. The van der Waals surface area contributed by atoms with Crippen LogP contribution in [0.1, 0.15) is 32.6 Å². The first kappa shape index (κ1) is 20.5. The van der Waals surface area contributed by atoms with Crippen LogP contribution in [0.25, 0.3) is 0 Å². The van der Waals surface area contributed by atoms with E-state index in [0.29, 0.717) is 55.0 Å². The van der Waals surface area contributed by atoms with Crippen LogP contribution in [0.15, 0.2) is 48.5 Å². The first-order valence-corrected chi connectivity index (χ1v) is 9.96. The van der Waals surface area contributed by atoms with Gasteiger partial charge in [-0.05, 0) is 62.6 Å². The zero-order chi connectivity index (χ0) is 20.5. The fourth-order valence-corrected chi connectivity index (χ4v) is 2.70. The van der Waals surface area contributed by atoms with Gasteiger partial charge in [-0.1, -0.05) is 12.1 Å². The summed E-state index contributed by atoms with van der Waals surface area (Å²) in [6.07, 6.45) is 3.03. The van der Waals surface area contributed by atoms with Crippen molar-refractivity contribution in [2.24, 2.45) is 0 Å². The van der Waals surface area contributed by atoms with E-state index in [4.69, 9.17) is 9.47 Å². The lowest BCUT2D eigenvalue weighted by Gasteiger charge is -2.11. The van der Waals surface area contributed by atoms with Crippen LogP contribution in [0.4, 0.5) is 16.2 Å². The standard InChI is InChI=1S/C22H27N3O4/c1-2-28-19-6-3-4-7-20(19)29-15-5-8-21(26)23-16-9-11-17(12-10-16)24-22(27)25-18-13-14-18/h3-4,6-7,9-12,18H,2,5,8,13-15H2,1H3,(H,23,26)(H2,24,25,27). The molecule has 1 aliphatic carbocycles. The number of hydrogen-bond donors (Lipinski definition) is 3. The Morgan fingerprint density at radius 2 is 1.55 bits per heavy atom. The summed E-state index contributed by atoms with van der Waals surface area (Å²) in [5, 5.41) is 8.48. The monoisotopic (exact) mass is 397 g/mol. The molecule has 0 aliphatic heterocycles. The molecule has 3 N–H and O–H groups in total. The minimum Gasteiger partial charge on any atom is -0.490 e. The van der Waals surface area contributed by atoms with Crippen molar-refractivity contribution in [3.8, 4) is 11.5 Å². The fraction of sp³-hybridized carbons (Fsp3) is 0.364. The van der Waals surface area contributed by atoms with Crippen molar-refractivity contribution in [1.29, 1.82) is 0 Å². The van der Waals surface area contributed by atoms with Crippen LogP contribution in [0.2, 0.25) is 0 Å². The highest BCUT2D eigenvalue weighted by atomic mass is 16.5. The van der Waals surface area contributed by atoms with Gasteiger partial charge in [0.15, 0.2) is 11.5 Å². The molecule has 0 heterocycles. The number of amides is 3. The predicted molar refractivity (Wildman–Crippen MR) is 113 cm³/mol. The molecule has 154 valence electrons. The van der Waals surface area contributed by atoms with Gasteiger partial charge in [0.1, 0.15) is 0 Å². The van der Waals surface area contributed by atoms with Gasteiger partial charge in [-0.15, -0.1) is 0 Å². The third kappa shape index (κ3) is 7.03. The van der Waals surface area contributed by atoms with Gasteiger partial charge < -0.3 is 25.4 Å². The lowest BCUT2D eigenvalue weighted by Crippen LogP contribution is -2.30. The summed E-state index contributed by atoms with van der Waals surface area (Å²) in [7, 11) is 0. The van der Waals surface area contributed by atoms with Gasteiger partial charge in [0.05, 0.1) is 13.2 Å². The topological polar surface area (TPSA) is 88.7 Å². The lowest BCUT2D eigenvalue weighted by atomic mass is 10.2. The zero-order valence-electron chi connectivity index (χ0n) is 16.6. The summed E-state index contributed by atoms with van der Waals surface area (Å²) >= 11 is 0. The van der Waals surface area contributed by atoms with Crippen molar-refractivity contribution < 1.29 is 19.1 Å². The molecule has 1 aliphatic rings. The Kier molecular flexibility index (Phi) is 7.33. The Labute approximate surface area is 170 Å². The maximum absolute atomic E-state index is 12.1. The average Bonchev–Trinajstić information content (AvgIpc) is 3.52. The maximum atomic E-state index is 12.1. The fourth-order valence-electron chi connectivity index (χ4n) is 2.70. The predicted octanol–water partition coefficient (Wildman–Crippen LogP) is 4.17. The van der Waals surface area contributed by atoms with Crippen LogP contribution < -0.4 is 25.4 Å². The summed E-state index contributed by atoms with van der Waals surface area (Å²) in [6, 6.07) is 14.7. The molecule has 7 heteroatoms. The molecule has 0 spiro atoms. The van der Waals surface area contributed by atoms with E-state index in [9.17, 15) is 9.59 Å². The third-order valence-corrected chi connectivity index (χ3v) is 4.29. The Hall–Kier alpha value is -3.22. The number of carbonyl (C=O) groups is 2. The molecule has 1 saturated carbocycles. The van der Waals surface area contributed by atoms with Crippen molar-refractivity contribution in [1.82, 2.24) is 5.32 Å². The lowest BCUT2D eigenvalue weighted by molar-refractivity contribution is -0.116. The van der Waals surface area contributed by atoms with Crippen LogP contribution in [-0.2, 0) is 4.79 Å². The number of urea groups is 1. The average molecular weight is 397 g/mol. The van der Waals surface area contributed by atoms with Crippen LogP contribution >= 0.6 is 0 Å². The highest BCUT2D eigenvalue weighted by Gasteiger charge is 2.23. The molecule has 0 atom stereocenters. The van der Waals surface area contributed by atoms with Crippen molar-refractivity contribution in [3.05, 3.63) is 48.5 Å². The number of anilines is 2. The normalized spacial score (nSPS) is 12.7. The molecular weight excluding hydrogens is 370 g/mol. The largest absolute Gasteiger partial charge is 0.490 e. The molecule has 2 aromatic carbocycles. The van der Waals surface area contributed by atoms with Gasteiger partial charge in [0.2, 0.25) is 5.91 Å². The van der Waals surface area contributed by atoms with Crippen LogP contribution in [-0.4, -0.2) is 31.2 Å². The van der Waals surface area contributed by atoms with Crippen LogP contribution in [0.5, 0.6) is 11.5 Å². The van der Waals surface area contributed by atoms with E-state index in [2.05, 4.69) is 16.0 Å². The summed E-state index contributed by atoms with van der Waals surface area (Å²) in [4.78, 5) is 23.8. The van der Waals surface area contributed by atoms with E-state index in [1.54, 1.807) is 24.3 Å². The molecule has 3 amide bonds. The molecule has 3 rings (SSSR count). The smallest absolute Gasteiger partial charge is 0.319 e. The number of para-hydroxylation sites is 2. The third-order valence-electron chi connectivity index (χ3n) is 4.29. The van der Waals surface area contributed by atoms with Gasteiger partial charge >= 0.3 is 6.03 Å². The quantitative estimate of drug-likeness (QED) is 0.525. The first-order valence-electron chi connectivity index (χ1n) is 9.96. The molecule has 1 fully saturated rings. The van der Waals surface area contributed by atoms with Crippen molar-refractivity contribution in [2.45, 2.75) is 38.6 Å². The summed E-state index contributed by atoms with van der Waals surface area (Å²) < 4.78 is 11.2. The van der Waals surface area contributed by atoms with Gasteiger partial charge in [0.25, 0.3) is 0 Å². The van der Waals surface area contributed by atoms with Crippen molar-refractivity contribution >= 4 is 23.3 Å². The first-order chi connectivity index (χ1) is 14.1. The number of hydrogen-bond acceptors (Lipinski definition) is 4. The molecule has 0 radical (unpaired) electrons. The highest BCUT2D eigenvalue weighted by molar-refractivity contribution is 5.92. The zero-order valence-corrected chi connectivity index (χ0v) is 16.6. The van der Waals surface area contributed by atoms with Crippen molar-refractivity contribution in [2.75, 3.05) is 23.8 Å². The second-order valence-corrected chi connectivity index (χ2v) is 6.83. The molecule has 0 aromatic heterocycles. The van der Waals surface area contributed by atoms with Crippen LogP contribution in [0, 0.1) is 0 Å². The number of benzene rings is 2. The molecule has 0 saturated heterocycles. The summed E-state index contributed by atoms with van der Waals surface area (Å²) in [5.74, 6) is 1.31. The van der Waals surface area contributed by atoms with E-state index in [-0.39, 0.29) is 11.9 Å². The molecule has 7 nitrogen and oxygen atoms in total. The number of ether oxygens (including phenoxy) is 2. The van der Waals surface area contributed by atoms with Gasteiger partial charge in [-0.3, -0.25) is 4.79 Å². The SMILES string of the molecule is CCOc1ccccc1OCCCC(=O)Nc1ccc(NC(=O)NC2CC2)cc1. The van der Waals surface area contributed by atoms with Gasteiger partial charge in [-0.25, -0.2) is 4.79 Å². The Balaban J connectivity index is 1.36. The maximum Gasteiger partial charge on any atom is 0.319 e. The Morgan fingerprint density at radius 1 is 0.931 bits per heavy atom.